The van der Waals surface area contributed by atoms with Gasteiger partial charge in [0.2, 0.25) is 15.9 Å². The van der Waals surface area contributed by atoms with E-state index in [9.17, 15) is 17.6 Å². The second-order valence-electron chi connectivity index (χ2n) is 8.26. The van der Waals surface area contributed by atoms with E-state index in [0.717, 1.165) is 11.3 Å². The minimum atomic E-state index is -3.83. The van der Waals surface area contributed by atoms with Crippen molar-refractivity contribution in [3.63, 3.8) is 0 Å². The molecule has 1 fully saturated rings. The zero-order valence-corrected chi connectivity index (χ0v) is 19.8. The first-order valence-corrected chi connectivity index (χ1v) is 12.7. The lowest BCUT2D eigenvalue weighted by Crippen LogP contribution is -2.51. The lowest BCUT2D eigenvalue weighted by Gasteiger charge is -2.35. The van der Waals surface area contributed by atoms with E-state index in [-0.39, 0.29) is 6.54 Å². The summed E-state index contributed by atoms with van der Waals surface area (Å²) in [5.74, 6) is -1.69. The summed E-state index contributed by atoms with van der Waals surface area (Å²) >= 11 is 0. The van der Waals surface area contributed by atoms with Crippen molar-refractivity contribution < 1.29 is 17.6 Å². The Labute approximate surface area is 199 Å². The van der Waals surface area contributed by atoms with E-state index >= 15 is 0 Å². The summed E-state index contributed by atoms with van der Waals surface area (Å²) in [5, 5.41) is 0. The molecule has 1 aliphatic rings. The van der Waals surface area contributed by atoms with Crippen LogP contribution in [0.15, 0.2) is 72.9 Å². The Balaban J connectivity index is 1.46. The Morgan fingerprint density at radius 3 is 2.38 bits per heavy atom. The van der Waals surface area contributed by atoms with Crippen molar-refractivity contribution in [2.75, 3.05) is 41.7 Å². The summed E-state index contributed by atoms with van der Waals surface area (Å²) in [7, 11) is -3.83. The summed E-state index contributed by atoms with van der Waals surface area (Å²) < 4.78 is 41.1. The van der Waals surface area contributed by atoms with Crippen LogP contribution in [-0.4, -0.2) is 55.5 Å². The molecule has 1 amide bonds. The number of carbonyl (C=O) groups is 1. The molecule has 0 N–H and O–H groups in total. The van der Waals surface area contributed by atoms with E-state index in [4.69, 9.17) is 0 Å². The number of rotatable bonds is 7. The van der Waals surface area contributed by atoms with Crippen molar-refractivity contribution in [2.45, 2.75) is 13.5 Å². The maximum absolute atomic E-state index is 13.4. The quantitative estimate of drug-likeness (QED) is 0.517. The smallest absolute Gasteiger partial charge is 0.243 e. The van der Waals surface area contributed by atoms with Crippen LogP contribution in [0.4, 0.5) is 15.8 Å². The molecular formula is C25H27FN4O3S. The number of hydrogen-bond donors (Lipinski definition) is 0. The third-order valence-corrected chi connectivity index (χ3v) is 7.55. The van der Waals surface area contributed by atoms with Crippen LogP contribution in [0, 0.1) is 12.7 Å². The fraction of sp³-hybridized carbons (Fsp3) is 0.280. The predicted octanol–water partition coefficient (Wildman–Crippen LogP) is 3.21. The zero-order valence-electron chi connectivity index (χ0n) is 19.0. The van der Waals surface area contributed by atoms with Crippen LogP contribution in [0.1, 0.15) is 11.3 Å². The number of halogens is 1. The van der Waals surface area contributed by atoms with Gasteiger partial charge in [0, 0.05) is 43.8 Å². The van der Waals surface area contributed by atoms with Gasteiger partial charge in [0.25, 0.3) is 0 Å². The lowest BCUT2D eigenvalue weighted by molar-refractivity contribution is -0.116. The molecule has 0 unspecified atom stereocenters. The molecule has 0 bridgehead atoms. The fourth-order valence-electron chi connectivity index (χ4n) is 3.97. The Bertz CT molecular complexity index is 1230. The highest BCUT2D eigenvalue weighted by atomic mass is 32.2. The first-order valence-electron chi connectivity index (χ1n) is 11.1. The van der Waals surface area contributed by atoms with E-state index < -0.39 is 27.5 Å². The summed E-state index contributed by atoms with van der Waals surface area (Å²) in [5.41, 5.74) is 3.22. The molecule has 0 saturated carbocycles. The highest BCUT2D eigenvalue weighted by Gasteiger charge is 2.31. The van der Waals surface area contributed by atoms with Gasteiger partial charge in [-0.3, -0.25) is 9.78 Å². The van der Waals surface area contributed by atoms with Gasteiger partial charge in [-0.25, -0.2) is 12.8 Å². The number of pyridine rings is 1. The molecule has 9 heteroatoms. The largest absolute Gasteiger partial charge is 0.369 e. The molecule has 1 saturated heterocycles. The number of hydrogen-bond acceptors (Lipinski definition) is 5. The third kappa shape index (κ3) is 5.78. The standard InChI is InChI=1S/C25H27FN4O3S/c1-20-5-4-7-24(17-20)28-13-15-29(16-14-28)34(32,33)19-25(31)30(18-22-6-2-3-12-27-22)23-10-8-21(26)9-11-23/h2-12,17H,13-16,18-19H2,1H3. The molecule has 0 radical (unpaired) electrons. The van der Waals surface area contributed by atoms with Gasteiger partial charge in [0.15, 0.2) is 0 Å². The Hall–Kier alpha value is -3.30. The van der Waals surface area contributed by atoms with Crippen LogP contribution in [0.5, 0.6) is 0 Å². The van der Waals surface area contributed by atoms with E-state index in [0.29, 0.717) is 37.6 Å². The monoisotopic (exact) mass is 482 g/mol. The summed E-state index contributed by atoms with van der Waals surface area (Å²) in [6, 6.07) is 18.8. The molecule has 0 spiro atoms. The minimum absolute atomic E-state index is 0.0853. The van der Waals surface area contributed by atoms with Crippen LogP contribution in [0.2, 0.25) is 0 Å². The number of sulfonamides is 1. The number of anilines is 2. The number of amides is 1. The van der Waals surface area contributed by atoms with Crippen molar-refractivity contribution in [1.29, 1.82) is 0 Å². The molecule has 0 atom stereocenters. The lowest BCUT2D eigenvalue weighted by atomic mass is 10.2. The second kappa shape index (κ2) is 10.3. The molecule has 2 aromatic carbocycles. The van der Waals surface area contributed by atoms with E-state index in [2.05, 4.69) is 16.0 Å². The average molecular weight is 483 g/mol. The number of aryl methyl sites for hydroxylation is 1. The van der Waals surface area contributed by atoms with Gasteiger partial charge in [-0.1, -0.05) is 18.2 Å². The molecule has 2 heterocycles. The van der Waals surface area contributed by atoms with Crippen molar-refractivity contribution >= 4 is 27.3 Å². The van der Waals surface area contributed by atoms with Crippen LogP contribution in [0.3, 0.4) is 0 Å². The Morgan fingerprint density at radius 1 is 1.00 bits per heavy atom. The minimum Gasteiger partial charge on any atom is -0.369 e. The molecular weight excluding hydrogens is 455 g/mol. The van der Waals surface area contributed by atoms with Crippen molar-refractivity contribution in [1.82, 2.24) is 9.29 Å². The molecule has 3 aromatic rings. The van der Waals surface area contributed by atoms with Gasteiger partial charge in [-0.05, 0) is 61.0 Å². The molecule has 0 aliphatic carbocycles. The maximum atomic E-state index is 13.4. The first-order chi connectivity index (χ1) is 16.3. The van der Waals surface area contributed by atoms with Crippen LogP contribution in [-0.2, 0) is 21.4 Å². The molecule has 7 nitrogen and oxygen atoms in total. The fourth-order valence-corrected chi connectivity index (χ4v) is 5.34. The van der Waals surface area contributed by atoms with Gasteiger partial charge in [-0.2, -0.15) is 4.31 Å². The topological polar surface area (TPSA) is 73.8 Å². The number of aromatic nitrogens is 1. The normalized spacial score (nSPS) is 14.7. The second-order valence-corrected chi connectivity index (χ2v) is 10.2. The zero-order chi connectivity index (χ0) is 24.1. The van der Waals surface area contributed by atoms with Crippen LogP contribution >= 0.6 is 0 Å². The number of nitrogens with zero attached hydrogens (tertiary/aromatic N) is 4. The molecule has 34 heavy (non-hydrogen) atoms. The average Bonchev–Trinajstić information content (AvgIpc) is 2.84. The van der Waals surface area contributed by atoms with Gasteiger partial charge in [0.1, 0.15) is 11.6 Å². The summed E-state index contributed by atoms with van der Waals surface area (Å²) in [4.78, 5) is 20.9. The third-order valence-electron chi connectivity index (χ3n) is 5.79. The van der Waals surface area contributed by atoms with Gasteiger partial charge in [-0.15, -0.1) is 0 Å². The Morgan fingerprint density at radius 2 is 1.74 bits per heavy atom. The predicted molar refractivity (Wildman–Crippen MR) is 131 cm³/mol. The maximum Gasteiger partial charge on any atom is 0.243 e. The first kappa shape index (κ1) is 23.8. The molecule has 178 valence electrons. The molecule has 1 aromatic heterocycles. The van der Waals surface area contributed by atoms with Crippen molar-refractivity contribution in [2.24, 2.45) is 0 Å². The van der Waals surface area contributed by atoms with Gasteiger partial charge < -0.3 is 9.80 Å². The Kier molecular flexibility index (Phi) is 7.23. The van der Waals surface area contributed by atoms with Crippen molar-refractivity contribution in [3.05, 3.63) is 90.0 Å². The summed E-state index contributed by atoms with van der Waals surface area (Å²) in [6.45, 7) is 3.81. The van der Waals surface area contributed by atoms with Crippen LogP contribution < -0.4 is 9.80 Å². The molecule has 4 rings (SSSR count). The molecule has 1 aliphatic heterocycles. The SMILES string of the molecule is Cc1cccc(N2CCN(S(=O)(=O)CC(=O)N(Cc3ccccn3)c3ccc(F)cc3)CC2)c1. The number of carbonyl (C=O) groups excluding carboxylic acids is 1. The summed E-state index contributed by atoms with van der Waals surface area (Å²) in [6.07, 6.45) is 1.60. The van der Waals surface area contributed by atoms with Crippen LogP contribution in [0.25, 0.3) is 0 Å². The van der Waals surface area contributed by atoms with Gasteiger partial charge in [0.05, 0.1) is 12.2 Å². The highest BCUT2D eigenvalue weighted by Crippen LogP contribution is 2.21. The van der Waals surface area contributed by atoms with Crippen molar-refractivity contribution in [3.8, 4) is 0 Å². The van der Waals surface area contributed by atoms with E-state index in [1.807, 2.05) is 25.1 Å². The van der Waals surface area contributed by atoms with E-state index in [1.54, 1.807) is 24.4 Å². The highest BCUT2D eigenvalue weighted by molar-refractivity contribution is 7.89. The number of piperazine rings is 1. The van der Waals surface area contributed by atoms with E-state index in [1.165, 1.54) is 33.5 Å². The van der Waals surface area contributed by atoms with Gasteiger partial charge >= 0.3 is 0 Å². The number of benzene rings is 2.